The van der Waals surface area contributed by atoms with E-state index in [1.807, 2.05) is 24.3 Å². The lowest BCUT2D eigenvalue weighted by Gasteiger charge is -2.11. The molecule has 10 heteroatoms. The normalized spacial score (nSPS) is 10.7. The number of carbonyl (C=O) groups is 1. The van der Waals surface area contributed by atoms with Crippen LogP contribution in [0.1, 0.15) is 12.3 Å². The van der Waals surface area contributed by atoms with Crippen LogP contribution in [0, 0.1) is 0 Å². The standard InChI is InChI=1S/C20H17ClN6O3/c1-29-15-5-2-13(3-6-15)20-25-19(30-26-20)9-8-18(28)24-16-10-14(21)4-7-17(16)27-12-22-11-23-27/h2-7,10-12H,8-9H2,1H3,(H,24,28). The van der Waals surface area contributed by atoms with Crippen LogP contribution in [-0.4, -0.2) is 37.9 Å². The van der Waals surface area contributed by atoms with Gasteiger partial charge in [-0.15, -0.1) is 0 Å². The summed E-state index contributed by atoms with van der Waals surface area (Å²) in [6, 6.07) is 12.4. The van der Waals surface area contributed by atoms with Gasteiger partial charge in [0, 0.05) is 23.4 Å². The average molecular weight is 425 g/mol. The van der Waals surface area contributed by atoms with Gasteiger partial charge in [-0.1, -0.05) is 16.8 Å². The first-order valence-corrected chi connectivity index (χ1v) is 9.41. The van der Waals surface area contributed by atoms with Gasteiger partial charge in [0.15, 0.2) is 0 Å². The molecule has 0 saturated heterocycles. The maximum absolute atomic E-state index is 12.5. The molecule has 0 radical (unpaired) electrons. The van der Waals surface area contributed by atoms with Gasteiger partial charge in [-0.25, -0.2) is 9.67 Å². The second kappa shape index (κ2) is 8.75. The van der Waals surface area contributed by atoms with Crippen LogP contribution in [0.15, 0.2) is 59.6 Å². The molecule has 0 aliphatic carbocycles. The predicted octanol–water partition coefficient (Wildman–Crippen LogP) is 3.55. The van der Waals surface area contributed by atoms with Crippen molar-refractivity contribution in [3.8, 4) is 22.8 Å². The van der Waals surface area contributed by atoms with E-state index in [9.17, 15) is 4.79 Å². The van der Waals surface area contributed by atoms with Gasteiger partial charge >= 0.3 is 0 Å². The lowest BCUT2D eigenvalue weighted by Crippen LogP contribution is -2.14. The van der Waals surface area contributed by atoms with Crippen LogP contribution in [0.3, 0.4) is 0 Å². The van der Waals surface area contributed by atoms with Gasteiger partial charge < -0.3 is 14.6 Å². The van der Waals surface area contributed by atoms with Crippen molar-refractivity contribution in [2.45, 2.75) is 12.8 Å². The summed E-state index contributed by atoms with van der Waals surface area (Å²) in [6.07, 6.45) is 3.41. The van der Waals surface area contributed by atoms with E-state index in [0.29, 0.717) is 34.5 Å². The summed E-state index contributed by atoms with van der Waals surface area (Å²) in [5, 5.41) is 11.4. The zero-order valence-corrected chi connectivity index (χ0v) is 16.7. The molecule has 0 bridgehead atoms. The molecule has 152 valence electrons. The number of nitrogens with one attached hydrogen (secondary N) is 1. The Morgan fingerprint density at radius 2 is 2.07 bits per heavy atom. The van der Waals surface area contributed by atoms with E-state index < -0.39 is 0 Å². The van der Waals surface area contributed by atoms with E-state index in [0.717, 1.165) is 11.3 Å². The van der Waals surface area contributed by atoms with E-state index >= 15 is 0 Å². The van der Waals surface area contributed by atoms with Crippen LogP contribution in [0.4, 0.5) is 5.69 Å². The van der Waals surface area contributed by atoms with Gasteiger partial charge in [0.2, 0.25) is 17.6 Å². The van der Waals surface area contributed by atoms with Gasteiger partial charge in [-0.3, -0.25) is 4.79 Å². The van der Waals surface area contributed by atoms with Crippen LogP contribution in [0.25, 0.3) is 17.1 Å². The molecule has 0 saturated carbocycles. The molecular weight excluding hydrogens is 408 g/mol. The molecule has 4 aromatic rings. The fourth-order valence-corrected chi connectivity index (χ4v) is 2.96. The highest BCUT2D eigenvalue weighted by Crippen LogP contribution is 2.24. The van der Waals surface area contributed by atoms with Crippen molar-refractivity contribution >= 4 is 23.2 Å². The van der Waals surface area contributed by atoms with E-state index in [1.54, 1.807) is 30.0 Å². The zero-order chi connectivity index (χ0) is 20.9. The van der Waals surface area contributed by atoms with Crippen LogP contribution >= 0.6 is 11.6 Å². The molecule has 0 atom stereocenters. The van der Waals surface area contributed by atoms with Gasteiger partial charge in [0.05, 0.1) is 18.5 Å². The van der Waals surface area contributed by atoms with Crippen molar-refractivity contribution < 1.29 is 14.1 Å². The van der Waals surface area contributed by atoms with Crippen LogP contribution in [-0.2, 0) is 11.2 Å². The molecule has 4 rings (SSSR count). The molecule has 9 nitrogen and oxygen atoms in total. The second-order valence-electron chi connectivity index (χ2n) is 6.29. The number of anilines is 1. The number of hydrogen-bond donors (Lipinski definition) is 1. The van der Waals surface area contributed by atoms with Crippen LogP contribution in [0.5, 0.6) is 5.75 Å². The molecule has 0 unspecified atom stereocenters. The Kier molecular flexibility index (Phi) is 5.71. The number of benzene rings is 2. The summed E-state index contributed by atoms with van der Waals surface area (Å²) in [5.41, 5.74) is 1.99. The predicted molar refractivity (Wildman–Crippen MR) is 110 cm³/mol. The Morgan fingerprint density at radius 1 is 1.23 bits per heavy atom. The smallest absolute Gasteiger partial charge is 0.227 e. The molecule has 1 amide bonds. The third kappa shape index (κ3) is 4.47. The number of carbonyl (C=O) groups excluding carboxylic acids is 1. The van der Waals surface area contributed by atoms with Gasteiger partial charge in [-0.05, 0) is 42.5 Å². The number of halogens is 1. The zero-order valence-electron chi connectivity index (χ0n) is 15.9. The minimum atomic E-state index is -0.220. The molecule has 0 aliphatic rings. The van der Waals surface area contributed by atoms with Crippen molar-refractivity contribution in [2.75, 3.05) is 12.4 Å². The molecule has 2 aromatic carbocycles. The fraction of sp³-hybridized carbons (Fsp3) is 0.150. The molecule has 0 aliphatic heterocycles. The largest absolute Gasteiger partial charge is 0.497 e. The van der Waals surface area contributed by atoms with E-state index in [4.69, 9.17) is 20.9 Å². The minimum absolute atomic E-state index is 0.160. The second-order valence-corrected chi connectivity index (χ2v) is 6.73. The van der Waals surface area contributed by atoms with Crippen molar-refractivity contribution in [1.82, 2.24) is 24.9 Å². The summed E-state index contributed by atoms with van der Waals surface area (Å²) in [5.74, 6) is 1.35. The molecular formula is C20H17ClN6O3. The monoisotopic (exact) mass is 424 g/mol. The number of hydrogen-bond acceptors (Lipinski definition) is 7. The highest BCUT2D eigenvalue weighted by atomic mass is 35.5. The Bertz CT molecular complexity index is 1140. The van der Waals surface area contributed by atoms with E-state index in [2.05, 4.69) is 25.5 Å². The number of aromatic nitrogens is 5. The number of amides is 1. The number of methoxy groups -OCH3 is 1. The van der Waals surface area contributed by atoms with Gasteiger partial charge in [-0.2, -0.15) is 10.1 Å². The molecule has 2 heterocycles. The maximum Gasteiger partial charge on any atom is 0.227 e. The van der Waals surface area contributed by atoms with Gasteiger partial charge in [0.25, 0.3) is 0 Å². The quantitative estimate of drug-likeness (QED) is 0.483. The van der Waals surface area contributed by atoms with E-state index in [-0.39, 0.29) is 12.3 Å². The third-order valence-electron chi connectivity index (χ3n) is 4.28. The Labute approximate surface area is 176 Å². The Morgan fingerprint density at radius 3 is 2.80 bits per heavy atom. The minimum Gasteiger partial charge on any atom is -0.497 e. The Balaban J connectivity index is 1.40. The number of ether oxygens (including phenoxy) is 1. The molecule has 0 spiro atoms. The first-order chi connectivity index (χ1) is 14.6. The van der Waals surface area contributed by atoms with Gasteiger partial charge in [0.1, 0.15) is 18.4 Å². The molecule has 1 N–H and O–H groups in total. The summed E-state index contributed by atoms with van der Waals surface area (Å²) in [7, 11) is 1.60. The number of nitrogens with zero attached hydrogens (tertiary/aromatic N) is 5. The first-order valence-electron chi connectivity index (χ1n) is 9.04. The average Bonchev–Trinajstić information content (AvgIpc) is 3.45. The lowest BCUT2D eigenvalue weighted by molar-refractivity contribution is -0.116. The van der Waals surface area contributed by atoms with Crippen molar-refractivity contribution in [2.24, 2.45) is 0 Å². The lowest BCUT2D eigenvalue weighted by atomic mass is 10.2. The highest BCUT2D eigenvalue weighted by Gasteiger charge is 2.13. The van der Waals surface area contributed by atoms with Crippen molar-refractivity contribution in [3.63, 3.8) is 0 Å². The summed E-state index contributed by atoms with van der Waals surface area (Å²) in [4.78, 5) is 20.7. The number of rotatable bonds is 7. The highest BCUT2D eigenvalue weighted by molar-refractivity contribution is 6.31. The first kappa shape index (κ1) is 19.6. The third-order valence-corrected chi connectivity index (χ3v) is 4.52. The van der Waals surface area contributed by atoms with Crippen LogP contribution < -0.4 is 10.1 Å². The van der Waals surface area contributed by atoms with Crippen molar-refractivity contribution in [1.29, 1.82) is 0 Å². The summed E-state index contributed by atoms with van der Waals surface area (Å²) >= 11 is 6.08. The van der Waals surface area contributed by atoms with E-state index in [1.165, 1.54) is 12.7 Å². The summed E-state index contributed by atoms with van der Waals surface area (Å²) in [6.45, 7) is 0. The molecule has 30 heavy (non-hydrogen) atoms. The summed E-state index contributed by atoms with van der Waals surface area (Å²) < 4.78 is 11.9. The number of aryl methyl sites for hydroxylation is 1. The fourth-order valence-electron chi connectivity index (χ4n) is 2.79. The van der Waals surface area contributed by atoms with Crippen LogP contribution in [0.2, 0.25) is 5.02 Å². The SMILES string of the molecule is COc1ccc(-c2noc(CCC(=O)Nc3cc(Cl)ccc3-n3cncn3)n2)cc1. The Hall–Kier alpha value is -3.72. The topological polar surface area (TPSA) is 108 Å². The maximum atomic E-state index is 12.5. The molecule has 0 fully saturated rings. The molecule has 2 aromatic heterocycles. The van der Waals surface area contributed by atoms with Crippen molar-refractivity contribution in [3.05, 3.63) is 66.0 Å².